The van der Waals surface area contributed by atoms with E-state index >= 15 is 0 Å². The van der Waals surface area contributed by atoms with Crippen molar-refractivity contribution < 1.29 is 9.53 Å². The van der Waals surface area contributed by atoms with Crippen LogP contribution in [0.1, 0.15) is 27.0 Å². The minimum absolute atomic E-state index is 0.104. The van der Waals surface area contributed by atoms with Gasteiger partial charge in [0.05, 0.1) is 13.2 Å². The molecule has 1 fully saturated rings. The maximum atomic E-state index is 12.8. The van der Waals surface area contributed by atoms with E-state index in [1.165, 1.54) is 0 Å². The second-order valence-corrected chi connectivity index (χ2v) is 5.74. The number of hydrogen-bond acceptors (Lipinski definition) is 3. The highest BCUT2D eigenvalue weighted by atomic mass is 16.5. The molecule has 114 valence electrons. The Bertz CT molecular complexity index is 660. The molecule has 1 aliphatic rings. The van der Waals surface area contributed by atoms with Gasteiger partial charge in [-0.15, -0.1) is 0 Å². The number of carbonyl (C=O) groups is 1. The van der Waals surface area contributed by atoms with Crippen LogP contribution in [0.15, 0.2) is 48.5 Å². The van der Waals surface area contributed by atoms with Crippen LogP contribution in [0.25, 0.3) is 0 Å². The van der Waals surface area contributed by atoms with Gasteiger partial charge in [0, 0.05) is 30.8 Å². The van der Waals surface area contributed by atoms with Crippen LogP contribution in [0.5, 0.6) is 0 Å². The minimum Gasteiger partial charge on any atom is -0.379 e. The van der Waals surface area contributed by atoms with Crippen molar-refractivity contribution in [1.29, 1.82) is 0 Å². The van der Waals surface area contributed by atoms with E-state index in [2.05, 4.69) is 11.0 Å². The smallest absolute Gasteiger partial charge is 0.193 e. The third kappa shape index (κ3) is 3.43. The molecule has 0 saturated carbocycles. The Morgan fingerprint density at radius 1 is 1.09 bits per heavy atom. The number of ketones is 1. The Morgan fingerprint density at radius 2 is 1.86 bits per heavy atom. The summed E-state index contributed by atoms with van der Waals surface area (Å²) in [5.41, 5.74) is 3.77. The highest BCUT2D eigenvalue weighted by Gasteiger charge is 2.17. The number of ether oxygens (including phenoxy) is 1. The van der Waals surface area contributed by atoms with E-state index < -0.39 is 0 Å². The summed E-state index contributed by atoms with van der Waals surface area (Å²) in [4.78, 5) is 15.2. The zero-order chi connectivity index (χ0) is 15.4. The lowest BCUT2D eigenvalue weighted by molar-refractivity contribution is 0.0341. The van der Waals surface area contributed by atoms with Crippen LogP contribution in [0.2, 0.25) is 0 Å². The first kappa shape index (κ1) is 14.9. The van der Waals surface area contributed by atoms with Gasteiger partial charge >= 0.3 is 0 Å². The third-order valence-corrected chi connectivity index (χ3v) is 4.04. The molecule has 0 N–H and O–H groups in total. The highest BCUT2D eigenvalue weighted by molar-refractivity contribution is 6.10. The number of benzene rings is 2. The van der Waals surface area contributed by atoms with E-state index in [4.69, 9.17) is 4.74 Å². The van der Waals surface area contributed by atoms with Crippen molar-refractivity contribution in [1.82, 2.24) is 4.90 Å². The quantitative estimate of drug-likeness (QED) is 0.812. The fourth-order valence-corrected chi connectivity index (χ4v) is 2.82. The predicted octanol–water partition coefficient (Wildman–Crippen LogP) is 3.06. The monoisotopic (exact) mass is 295 g/mol. The summed E-state index contributed by atoms with van der Waals surface area (Å²) in [6.45, 7) is 6.20. The van der Waals surface area contributed by atoms with Crippen molar-refractivity contribution in [3.8, 4) is 0 Å². The molecule has 3 heteroatoms. The van der Waals surface area contributed by atoms with E-state index in [1.54, 1.807) is 0 Å². The average Bonchev–Trinajstić information content (AvgIpc) is 2.56. The summed E-state index contributed by atoms with van der Waals surface area (Å²) in [7, 11) is 0. The first-order valence-electron chi connectivity index (χ1n) is 7.73. The number of aryl methyl sites for hydroxylation is 1. The van der Waals surface area contributed by atoms with Crippen molar-refractivity contribution in [3.63, 3.8) is 0 Å². The van der Waals surface area contributed by atoms with Gasteiger partial charge in [0.25, 0.3) is 0 Å². The van der Waals surface area contributed by atoms with Crippen LogP contribution < -0.4 is 0 Å². The van der Waals surface area contributed by atoms with Crippen LogP contribution in [-0.2, 0) is 11.3 Å². The second-order valence-electron chi connectivity index (χ2n) is 5.74. The fourth-order valence-electron chi connectivity index (χ4n) is 2.82. The molecule has 0 atom stereocenters. The maximum Gasteiger partial charge on any atom is 0.193 e. The first-order chi connectivity index (χ1) is 10.7. The largest absolute Gasteiger partial charge is 0.379 e. The van der Waals surface area contributed by atoms with E-state index in [-0.39, 0.29) is 5.78 Å². The van der Waals surface area contributed by atoms with Gasteiger partial charge in [-0.3, -0.25) is 9.69 Å². The molecule has 0 amide bonds. The normalized spacial score (nSPS) is 15.7. The number of hydrogen-bond donors (Lipinski definition) is 0. The summed E-state index contributed by atoms with van der Waals surface area (Å²) in [5, 5.41) is 0. The van der Waals surface area contributed by atoms with Crippen LogP contribution in [0.4, 0.5) is 0 Å². The van der Waals surface area contributed by atoms with E-state index in [0.29, 0.717) is 0 Å². The molecule has 0 aliphatic carbocycles. The minimum atomic E-state index is 0.104. The summed E-state index contributed by atoms with van der Waals surface area (Å²) < 4.78 is 5.39. The zero-order valence-electron chi connectivity index (χ0n) is 12.9. The molecule has 2 aromatic rings. The van der Waals surface area contributed by atoms with E-state index in [1.807, 2.05) is 49.4 Å². The molecule has 2 aromatic carbocycles. The average molecular weight is 295 g/mol. The van der Waals surface area contributed by atoms with Gasteiger partial charge in [-0.2, -0.15) is 0 Å². The molecule has 22 heavy (non-hydrogen) atoms. The summed E-state index contributed by atoms with van der Waals surface area (Å²) in [6.07, 6.45) is 0. The summed E-state index contributed by atoms with van der Waals surface area (Å²) in [6, 6.07) is 15.7. The number of nitrogens with zero attached hydrogens (tertiary/aromatic N) is 1. The Kier molecular flexibility index (Phi) is 4.66. The third-order valence-electron chi connectivity index (χ3n) is 4.04. The van der Waals surface area contributed by atoms with Gasteiger partial charge in [-0.05, 0) is 18.6 Å². The van der Waals surface area contributed by atoms with Gasteiger partial charge < -0.3 is 4.74 Å². The van der Waals surface area contributed by atoms with Crippen molar-refractivity contribution in [2.75, 3.05) is 26.3 Å². The zero-order valence-corrected chi connectivity index (χ0v) is 12.9. The molecule has 0 bridgehead atoms. The van der Waals surface area contributed by atoms with E-state index in [0.717, 1.165) is 55.1 Å². The second kappa shape index (κ2) is 6.86. The SMILES string of the molecule is Cc1cccc(C(=O)c2ccccc2CN2CCOCC2)c1. The molecular formula is C19H21NO2. The molecule has 0 unspecified atom stereocenters. The summed E-state index contributed by atoms with van der Waals surface area (Å²) in [5.74, 6) is 0.104. The van der Waals surface area contributed by atoms with Crippen molar-refractivity contribution in [3.05, 3.63) is 70.8 Å². The van der Waals surface area contributed by atoms with Gasteiger partial charge in [0.2, 0.25) is 0 Å². The van der Waals surface area contributed by atoms with Gasteiger partial charge in [-0.25, -0.2) is 0 Å². The van der Waals surface area contributed by atoms with Crippen LogP contribution in [0.3, 0.4) is 0 Å². The first-order valence-corrected chi connectivity index (χ1v) is 7.73. The Morgan fingerprint density at radius 3 is 2.64 bits per heavy atom. The van der Waals surface area contributed by atoms with Crippen LogP contribution in [-0.4, -0.2) is 37.0 Å². The molecule has 1 saturated heterocycles. The van der Waals surface area contributed by atoms with Crippen molar-refractivity contribution in [2.45, 2.75) is 13.5 Å². The Balaban J connectivity index is 1.85. The predicted molar refractivity (Wildman–Crippen MR) is 87.1 cm³/mol. The molecular weight excluding hydrogens is 274 g/mol. The topological polar surface area (TPSA) is 29.5 Å². The lowest BCUT2D eigenvalue weighted by Crippen LogP contribution is -2.36. The molecule has 3 rings (SSSR count). The standard InChI is InChI=1S/C19H21NO2/c1-15-5-4-7-16(13-15)19(21)18-8-3-2-6-17(18)14-20-9-11-22-12-10-20/h2-8,13H,9-12,14H2,1H3. The molecule has 0 aromatic heterocycles. The molecule has 1 heterocycles. The van der Waals surface area contributed by atoms with E-state index in [9.17, 15) is 4.79 Å². The highest BCUT2D eigenvalue weighted by Crippen LogP contribution is 2.18. The maximum absolute atomic E-state index is 12.8. The number of morpholine rings is 1. The van der Waals surface area contributed by atoms with Crippen LogP contribution in [0, 0.1) is 6.92 Å². The Hall–Kier alpha value is -1.97. The lowest BCUT2D eigenvalue weighted by atomic mass is 9.97. The molecule has 1 aliphatic heterocycles. The number of carbonyl (C=O) groups excluding carboxylic acids is 1. The van der Waals surface area contributed by atoms with Crippen molar-refractivity contribution in [2.24, 2.45) is 0 Å². The fraction of sp³-hybridized carbons (Fsp3) is 0.316. The Labute approximate surface area is 131 Å². The van der Waals surface area contributed by atoms with Crippen LogP contribution >= 0.6 is 0 Å². The van der Waals surface area contributed by atoms with Gasteiger partial charge in [-0.1, -0.05) is 48.0 Å². The van der Waals surface area contributed by atoms with Gasteiger partial charge in [0.1, 0.15) is 0 Å². The molecule has 3 nitrogen and oxygen atoms in total. The molecule has 0 radical (unpaired) electrons. The number of rotatable bonds is 4. The lowest BCUT2D eigenvalue weighted by Gasteiger charge is -2.27. The van der Waals surface area contributed by atoms with Gasteiger partial charge in [0.15, 0.2) is 5.78 Å². The summed E-state index contributed by atoms with van der Waals surface area (Å²) >= 11 is 0. The van der Waals surface area contributed by atoms with Crippen molar-refractivity contribution >= 4 is 5.78 Å². The molecule has 0 spiro atoms.